The average molecular weight is 228 g/mol. The number of rotatable bonds is 0. The van der Waals surface area contributed by atoms with E-state index in [1.807, 2.05) is 5.32 Å². The van der Waals surface area contributed by atoms with Gasteiger partial charge in [0.05, 0.1) is 11.4 Å². The van der Waals surface area contributed by atoms with Crippen molar-refractivity contribution in [2.75, 3.05) is 10.6 Å². The van der Waals surface area contributed by atoms with Crippen LogP contribution in [0.15, 0.2) is 27.7 Å². The van der Waals surface area contributed by atoms with Gasteiger partial charge in [-0.3, -0.25) is 0 Å². The molecule has 0 spiro atoms. The van der Waals surface area contributed by atoms with Crippen LogP contribution in [-0.4, -0.2) is 6.17 Å². The van der Waals surface area contributed by atoms with E-state index in [1.165, 1.54) is 6.07 Å². The summed E-state index contributed by atoms with van der Waals surface area (Å²) < 4.78 is 31.0. The van der Waals surface area contributed by atoms with Gasteiger partial charge < -0.3 is 15.1 Å². The third-order valence-electron chi connectivity index (χ3n) is 2.23. The zero-order valence-corrected chi connectivity index (χ0v) is 8.24. The Balaban J connectivity index is 2.21. The van der Waals surface area contributed by atoms with Gasteiger partial charge in [-0.2, -0.15) is 8.78 Å². The van der Waals surface area contributed by atoms with Gasteiger partial charge in [-0.05, 0) is 12.1 Å². The van der Waals surface area contributed by atoms with Crippen LogP contribution in [0.5, 0.6) is 0 Å². The van der Waals surface area contributed by atoms with Crippen LogP contribution in [0.4, 0.5) is 20.2 Å². The summed E-state index contributed by atoms with van der Waals surface area (Å²) in [6, 6.07) is 4.80. The van der Waals surface area contributed by atoms with E-state index < -0.39 is 6.17 Å². The summed E-state index contributed by atoms with van der Waals surface area (Å²) in [6.07, 6.45) is -3.09. The Hall–Kier alpha value is -1.43. The number of thiol groups is 1. The van der Waals surface area contributed by atoms with Crippen molar-refractivity contribution in [2.45, 2.75) is 11.3 Å². The average Bonchev–Trinajstić information content (AvgIpc) is 2.55. The van der Waals surface area contributed by atoms with Crippen molar-refractivity contribution in [3.05, 3.63) is 18.2 Å². The molecule has 2 aromatic rings. The quantitative estimate of drug-likeness (QED) is 0.479. The number of benzene rings is 1. The second-order valence-electron chi connectivity index (χ2n) is 3.34. The number of fused-ring (bicyclic) bond motifs is 2. The van der Waals surface area contributed by atoms with Gasteiger partial charge in [0.2, 0.25) is 0 Å². The first-order chi connectivity index (χ1) is 7.03. The van der Waals surface area contributed by atoms with E-state index in [9.17, 15) is 8.78 Å². The van der Waals surface area contributed by atoms with Crippen LogP contribution in [0.1, 0.15) is 0 Å². The smallest absolute Gasteiger partial charge is 0.409 e. The van der Waals surface area contributed by atoms with E-state index >= 15 is 0 Å². The molecule has 1 aromatic heterocycles. The fraction of sp³-hybridized carbons (Fsp3) is 0.111. The van der Waals surface area contributed by atoms with E-state index in [2.05, 4.69) is 17.9 Å². The normalized spacial score (nSPS) is 17.3. The van der Waals surface area contributed by atoms with Crippen LogP contribution < -0.4 is 10.6 Å². The molecule has 0 bridgehead atoms. The molecule has 0 fully saturated rings. The van der Waals surface area contributed by atoms with Crippen LogP contribution in [0.25, 0.3) is 11.0 Å². The predicted molar refractivity (Wildman–Crippen MR) is 55.7 cm³/mol. The highest BCUT2D eigenvalue weighted by Gasteiger charge is 2.36. The van der Waals surface area contributed by atoms with Crippen LogP contribution in [-0.2, 0) is 0 Å². The summed E-state index contributed by atoms with van der Waals surface area (Å²) in [5, 5.41) is 5.31. The van der Waals surface area contributed by atoms with Gasteiger partial charge in [-0.15, -0.1) is 12.6 Å². The lowest BCUT2D eigenvalue weighted by Gasteiger charge is -2.08. The van der Waals surface area contributed by atoms with Gasteiger partial charge in [-0.1, -0.05) is 0 Å². The van der Waals surface area contributed by atoms with Crippen molar-refractivity contribution in [3.63, 3.8) is 0 Å². The van der Waals surface area contributed by atoms with Crippen molar-refractivity contribution in [2.24, 2.45) is 0 Å². The van der Waals surface area contributed by atoms with Crippen molar-refractivity contribution in [3.8, 4) is 0 Å². The lowest BCUT2D eigenvalue weighted by molar-refractivity contribution is 0.0705. The Labute approximate surface area is 88.9 Å². The molecule has 78 valence electrons. The van der Waals surface area contributed by atoms with Gasteiger partial charge in [0, 0.05) is 11.5 Å². The van der Waals surface area contributed by atoms with Gasteiger partial charge >= 0.3 is 6.17 Å². The van der Waals surface area contributed by atoms with Gasteiger partial charge in [0.15, 0.2) is 5.09 Å². The fourth-order valence-corrected chi connectivity index (χ4v) is 1.89. The number of hydrogen-bond acceptors (Lipinski definition) is 4. The van der Waals surface area contributed by atoms with Crippen molar-refractivity contribution >= 4 is 35.0 Å². The van der Waals surface area contributed by atoms with Crippen LogP contribution >= 0.6 is 12.6 Å². The van der Waals surface area contributed by atoms with E-state index in [1.54, 1.807) is 12.1 Å². The molecule has 3 nitrogen and oxygen atoms in total. The van der Waals surface area contributed by atoms with Crippen LogP contribution in [0.3, 0.4) is 0 Å². The molecule has 0 radical (unpaired) electrons. The SMILES string of the molecule is FC1(F)Nc2cc3cc(S)oc3cc2N1. The number of halogens is 2. The standard InChI is InChI=1S/C9H6F2N2OS/c10-9(11)12-5-1-4-2-8(15)14-7(4)3-6(5)13-9/h1-3,12-13,15H. The minimum atomic E-state index is -3.09. The predicted octanol–water partition coefficient (Wildman–Crippen LogP) is 3.11. The highest BCUT2D eigenvalue weighted by Crippen LogP contribution is 2.39. The number of alkyl halides is 2. The first kappa shape index (κ1) is 8.84. The molecule has 6 heteroatoms. The van der Waals surface area contributed by atoms with E-state index in [0.29, 0.717) is 22.1 Å². The maximum absolute atomic E-state index is 12.9. The third kappa shape index (κ3) is 1.32. The van der Waals surface area contributed by atoms with E-state index in [4.69, 9.17) is 4.42 Å². The summed E-state index contributed by atoms with van der Waals surface area (Å²) in [6.45, 7) is 0. The first-order valence-corrected chi connectivity index (χ1v) is 4.69. The number of furan rings is 1. The minimum absolute atomic E-state index is 0.329. The van der Waals surface area contributed by atoms with Gasteiger partial charge in [0.1, 0.15) is 5.58 Å². The second-order valence-corrected chi connectivity index (χ2v) is 3.79. The number of nitrogens with one attached hydrogen (secondary N) is 2. The molecule has 0 aliphatic carbocycles. The molecule has 3 rings (SSSR count). The molecule has 0 saturated carbocycles. The van der Waals surface area contributed by atoms with E-state index in [-0.39, 0.29) is 0 Å². The summed E-state index contributed by atoms with van der Waals surface area (Å²) >= 11 is 4.04. The molecule has 1 aromatic carbocycles. The summed E-state index contributed by atoms with van der Waals surface area (Å²) in [5.41, 5.74) is 1.22. The summed E-state index contributed by atoms with van der Waals surface area (Å²) in [4.78, 5) is 0. The van der Waals surface area contributed by atoms with Crippen molar-refractivity contribution < 1.29 is 13.2 Å². The molecular weight excluding hydrogens is 222 g/mol. The minimum Gasteiger partial charge on any atom is -0.450 e. The third-order valence-corrected chi connectivity index (χ3v) is 2.45. The molecule has 2 heterocycles. The highest BCUT2D eigenvalue weighted by atomic mass is 32.1. The highest BCUT2D eigenvalue weighted by molar-refractivity contribution is 7.80. The van der Waals surface area contributed by atoms with E-state index in [0.717, 1.165) is 5.39 Å². The maximum Gasteiger partial charge on any atom is 0.409 e. The lowest BCUT2D eigenvalue weighted by atomic mass is 10.2. The molecule has 0 saturated heterocycles. The van der Waals surface area contributed by atoms with Crippen LogP contribution in [0.2, 0.25) is 0 Å². The zero-order valence-electron chi connectivity index (χ0n) is 7.34. The Morgan fingerprint density at radius 3 is 2.53 bits per heavy atom. The molecule has 0 unspecified atom stereocenters. The Kier molecular flexibility index (Phi) is 1.52. The molecule has 1 aliphatic rings. The first-order valence-electron chi connectivity index (χ1n) is 4.24. The lowest BCUT2D eigenvalue weighted by Crippen LogP contribution is -2.30. The molecular formula is C9H6F2N2OS. The fourth-order valence-electron chi connectivity index (χ4n) is 1.65. The van der Waals surface area contributed by atoms with Crippen molar-refractivity contribution in [1.29, 1.82) is 0 Å². The second kappa shape index (κ2) is 2.57. The molecule has 0 amide bonds. The molecule has 15 heavy (non-hydrogen) atoms. The number of hydrogen-bond donors (Lipinski definition) is 3. The number of anilines is 2. The molecule has 2 N–H and O–H groups in total. The maximum atomic E-state index is 12.9. The van der Waals surface area contributed by atoms with Crippen molar-refractivity contribution in [1.82, 2.24) is 0 Å². The molecule has 0 atom stereocenters. The molecule has 1 aliphatic heterocycles. The largest absolute Gasteiger partial charge is 0.450 e. The topological polar surface area (TPSA) is 37.2 Å². The summed E-state index contributed by atoms with van der Waals surface area (Å²) in [5.74, 6) is 0. The Morgan fingerprint density at radius 2 is 1.80 bits per heavy atom. The monoisotopic (exact) mass is 228 g/mol. The zero-order chi connectivity index (χ0) is 10.6. The Bertz CT molecular complexity index is 507. The van der Waals surface area contributed by atoms with Gasteiger partial charge in [-0.25, -0.2) is 0 Å². The Morgan fingerprint density at radius 1 is 1.13 bits per heavy atom. The van der Waals surface area contributed by atoms with Crippen LogP contribution in [0, 0.1) is 0 Å². The summed E-state index contributed by atoms with van der Waals surface area (Å²) in [7, 11) is 0. The van der Waals surface area contributed by atoms with Gasteiger partial charge in [0.25, 0.3) is 0 Å².